The summed E-state index contributed by atoms with van der Waals surface area (Å²) in [6.45, 7) is 21.2. The fourth-order valence-corrected chi connectivity index (χ4v) is 14.2. The molecule has 7 rings (SSSR count). The second-order valence-electron chi connectivity index (χ2n) is 20.5. The Morgan fingerprint density at radius 2 is 1.58 bits per heavy atom. The topological polar surface area (TPSA) is 139 Å². The Bertz CT molecular complexity index is 1670. The number of aromatic nitrogens is 2. The normalized spacial score (nSPS) is 41.8. The third kappa shape index (κ3) is 5.54. The zero-order valence-electron chi connectivity index (χ0n) is 33.8. The molecule has 0 aliphatic heterocycles. The van der Waals surface area contributed by atoms with Crippen LogP contribution in [0.4, 0.5) is 0 Å². The number of aliphatic hydroxyl groups is 1. The van der Waals surface area contributed by atoms with E-state index in [0.29, 0.717) is 43.6 Å². The molecule has 0 unspecified atom stereocenters. The Hall–Kier alpha value is -2.65. The third-order valence-corrected chi connectivity index (χ3v) is 17.4. The van der Waals surface area contributed by atoms with Gasteiger partial charge < -0.3 is 20.3 Å². The maximum atomic E-state index is 14.0. The van der Waals surface area contributed by atoms with E-state index in [1.165, 1.54) is 5.57 Å². The van der Waals surface area contributed by atoms with Crippen LogP contribution in [0.1, 0.15) is 132 Å². The number of hydrogen-bond donors (Lipinski definition) is 3. The number of fused-ring (bicyclic) bond motifs is 7. The van der Waals surface area contributed by atoms with Crippen molar-refractivity contribution in [2.45, 2.75) is 145 Å². The lowest BCUT2D eigenvalue weighted by Crippen LogP contribution is -2.66. The van der Waals surface area contributed by atoms with Crippen molar-refractivity contribution in [1.82, 2.24) is 15.3 Å². The number of rotatable bonds is 9. The quantitative estimate of drug-likeness (QED) is 0.220. The van der Waals surface area contributed by atoms with Crippen LogP contribution in [0.25, 0.3) is 0 Å². The van der Waals surface area contributed by atoms with Gasteiger partial charge in [-0.05, 0) is 115 Å². The summed E-state index contributed by atoms with van der Waals surface area (Å²) < 4.78 is 6.41. The van der Waals surface area contributed by atoms with E-state index in [1.807, 2.05) is 13.8 Å². The average Bonchev–Trinajstić information content (AvgIpc) is 3.39. The van der Waals surface area contributed by atoms with Gasteiger partial charge in [-0.2, -0.15) is 0 Å². The van der Waals surface area contributed by atoms with E-state index in [9.17, 15) is 24.6 Å². The number of carboxylic acids is 1. The van der Waals surface area contributed by atoms with Gasteiger partial charge in [-0.3, -0.25) is 14.4 Å². The predicted molar refractivity (Wildman–Crippen MR) is 202 cm³/mol. The Balaban J connectivity index is 1.13. The third-order valence-electron chi connectivity index (χ3n) is 17.4. The van der Waals surface area contributed by atoms with Gasteiger partial charge in [0.25, 0.3) is 0 Å². The Kier molecular flexibility index (Phi) is 9.44. The molecule has 0 spiro atoms. The van der Waals surface area contributed by atoms with Crippen LogP contribution in [0.3, 0.4) is 0 Å². The standard InChI is InChI=1S/C44H65N3O6/c1-25(2)35-29(48)22-44(32(49)23-45-24-34-46-19-10-20-47-34)18-17-42(8)26(36(35)44)11-12-31-41(7)15-14-33(40(5,6)30(41)13-16-43(31,42)9)53-38(52)28-21-27(37(50)51)39(28,3)4/h10,19-20,25-28,30-33,45,49H,11-18,21-24H2,1-9H3,(H,50,51)/t26-,27+,28-,30+,31-,32+,33+,41+,42-,43-,44+/m1/s1. The second kappa shape index (κ2) is 13.0. The van der Waals surface area contributed by atoms with Crippen molar-refractivity contribution >= 4 is 17.7 Å². The Labute approximate surface area is 316 Å². The smallest absolute Gasteiger partial charge is 0.309 e. The van der Waals surface area contributed by atoms with Gasteiger partial charge in [-0.15, -0.1) is 0 Å². The number of carboxylic acid groups (broad SMARTS) is 1. The summed E-state index contributed by atoms with van der Waals surface area (Å²) in [5, 5.41) is 25.2. The van der Waals surface area contributed by atoms with Crippen molar-refractivity contribution in [1.29, 1.82) is 0 Å². The predicted octanol–water partition coefficient (Wildman–Crippen LogP) is 7.57. The number of esters is 1. The summed E-state index contributed by atoms with van der Waals surface area (Å²) in [5.74, 6) is 0.227. The fourth-order valence-electron chi connectivity index (χ4n) is 14.2. The molecule has 5 saturated carbocycles. The minimum atomic E-state index is -0.830. The summed E-state index contributed by atoms with van der Waals surface area (Å²) in [4.78, 5) is 48.1. The molecule has 11 atom stereocenters. The van der Waals surface area contributed by atoms with Crippen molar-refractivity contribution in [3.05, 3.63) is 35.4 Å². The minimum absolute atomic E-state index is 0.0114. The second-order valence-corrected chi connectivity index (χ2v) is 20.5. The van der Waals surface area contributed by atoms with Crippen LogP contribution in [-0.2, 0) is 25.7 Å². The summed E-state index contributed by atoms with van der Waals surface area (Å²) >= 11 is 0. The molecule has 292 valence electrons. The Morgan fingerprint density at radius 1 is 0.887 bits per heavy atom. The lowest BCUT2D eigenvalue weighted by atomic mass is 9.33. The van der Waals surface area contributed by atoms with E-state index in [4.69, 9.17) is 4.74 Å². The van der Waals surface area contributed by atoms with Gasteiger partial charge in [-0.1, -0.05) is 67.9 Å². The molecule has 0 radical (unpaired) electrons. The summed E-state index contributed by atoms with van der Waals surface area (Å²) in [6, 6.07) is 1.80. The van der Waals surface area contributed by atoms with Crippen LogP contribution in [0, 0.1) is 68.0 Å². The molecule has 5 fully saturated rings. The average molecular weight is 732 g/mol. The van der Waals surface area contributed by atoms with Crippen LogP contribution in [-0.4, -0.2) is 56.7 Å². The van der Waals surface area contributed by atoms with Crippen LogP contribution in [0.2, 0.25) is 0 Å². The maximum Gasteiger partial charge on any atom is 0.309 e. The van der Waals surface area contributed by atoms with E-state index < -0.39 is 28.8 Å². The van der Waals surface area contributed by atoms with Crippen molar-refractivity contribution < 1.29 is 29.3 Å². The number of nitrogens with one attached hydrogen (secondary N) is 1. The first-order chi connectivity index (χ1) is 24.8. The lowest BCUT2D eigenvalue weighted by Gasteiger charge is -2.72. The van der Waals surface area contributed by atoms with Gasteiger partial charge in [0.05, 0.1) is 24.5 Å². The number of ether oxygens (including phenoxy) is 1. The molecule has 1 aromatic heterocycles. The molecule has 0 aromatic carbocycles. The van der Waals surface area contributed by atoms with Gasteiger partial charge in [0.1, 0.15) is 11.9 Å². The first kappa shape index (κ1) is 38.6. The molecule has 1 heterocycles. The monoisotopic (exact) mass is 731 g/mol. The van der Waals surface area contributed by atoms with E-state index in [0.717, 1.165) is 56.9 Å². The molecule has 3 N–H and O–H groups in total. The van der Waals surface area contributed by atoms with Gasteiger partial charge >= 0.3 is 11.9 Å². The van der Waals surface area contributed by atoms with Crippen molar-refractivity contribution in [3.63, 3.8) is 0 Å². The molecule has 0 amide bonds. The minimum Gasteiger partial charge on any atom is -0.481 e. The zero-order chi connectivity index (χ0) is 38.5. The zero-order valence-corrected chi connectivity index (χ0v) is 33.8. The van der Waals surface area contributed by atoms with E-state index >= 15 is 0 Å². The molecule has 6 aliphatic carbocycles. The number of aliphatic hydroxyl groups excluding tert-OH is 1. The van der Waals surface area contributed by atoms with Crippen molar-refractivity contribution in [2.24, 2.45) is 68.0 Å². The van der Waals surface area contributed by atoms with Gasteiger partial charge in [-0.25, -0.2) is 9.97 Å². The number of aliphatic carboxylic acids is 1. The molecule has 0 bridgehead atoms. The van der Waals surface area contributed by atoms with Crippen LogP contribution in [0.5, 0.6) is 0 Å². The number of allylic oxidation sites excluding steroid dienone is 1. The van der Waals surface area contributed by atoms with E-state index in [2.05, 4.69) is 63.8 Å². The number of Topliss-reactive ketones (excluding diaryl/α,β-unsaturated/α-hetero) is 1. The molecule has 0 saturated heterocycles. The van der Waals surface area contributed by atoms with E-state index in [-0.39, 0.29) is 57.3 Å². The molecule has 9 heteroatoms. The number of nitrogens with zero attached hydrogens (tertiary/aromatic N) is 2. The van der Waals surface area contributed by atoms with Crippen molar-refractivity contribution in [2.75, 3.05) is 6.54 Å². The van der Waals surface area contributed by atoms with Gasteiger partial charge in [0.15, 0.2) is 5.78 Å². The molecule has 1 aromatic rings. The van der Waals surface area contributed by atoms with Crippen LogP contribution in [0.15, 0.2) is 29.6 Å². The molecule has 9 nitrogen and oxygen atoms in total. The molecule has 53 heavy (non-hydrogen) atoms. The first-order valence-corrected chi connectivity index (χ1v) is 20.6. The number of carbonyl (C=O) groups is 3. The highest BCUT2D eigenvalue weighted by atomic mass is 16.5. The summed E-state index contributed by atoms with van der Waals surface area (Å²) in [6.07, 6.45) is 11.3. The molecular weight excluding hydrogens is 666 g/mol. The highest BCUT2D eigenvalue weighted by Gasteiger charge is 2.71. The fraction of sp³-hybridized carbons (Fsp3) is 0.795. The molecule has 6 aliphatic rings. The maximum absolute atomic E-state index is 14.0. The first-order valence-electron chi connectivity index (χ1n) is 20.6. The number of ketones is 1. The van der Waals surface area contributed by atoms with Gasteiger partial charge in [0, 0.05) is 36.2 Å². The van der Waals surface area contributed by atoms with E-state index in [1.54, 1.807) is 18.5 Å². The summed E-state index contributed by atoms with van der Waals surface area (Å²) in [5.41, 5.74) is 1.04. The SMILES string of the molecule is CC(C)C1=C2[C@H]3CC[C@@H]4[C@@]5(C)CC[C@H](OC(=O)[C@H]6C[C@@H](C(=O)O)C6(C)C)C(C)(C)[C@@H]5CC[C@@]4(C)[C@]3(C)CC[C@@]2([C@@H](O)CNCc2ncccn2)CC1=O. The lowest BCUT2D eigenvalue weighted by molar-refractivity contribution is -0.238. The number of hydrogen-bond acceptors (Lipinski definition) is 8. The molecular formula is C44H65N3O6. The highest BCUT2D eigenvalue weighted by molar-refractivity contribution is 6.00. The highest BCUT2D eigenvalue weighted by Crippen LogP contribution is 2.77. The van der Waals surface area contributed by atoms with Crippen molar-refractivity contribution in [3.8, 4) is 0 Å². The number of carbonyl (C=O) groups excluding carboxylic acids is 2. The Morgan fingerprint density at radius 3 is 2.23 bits per heavy atom. The van der Waals surface area contributed by atoms with Gasteiger partial charge in [0.2, 0.25) is 0 Å². The van der Waals surface area contributed by atoms with Crippen LogP contribution >= 0.6 is 0 Å². The van der Waals surface area contributed by atoms with Crippen LogP contribution < -0.4 is 5.32 Å². The summed E-state index contributed by atoms with van der Waals surface area (Å²) in [7, 11) is 0. The largest absolute Gasteiger partial charge is 0.481 e.